The Bertz CT molecular complexity index is 313. The average molecular weight is 501 g/mol. The molecule has 1 rings (SSSR count). The van der Waals surface area contributed by atoms with Gasteiger partial charge in [0.05, 0.1) is 0 Å². The molecule has 0 amide bonds. The molecule has 3 N–H and O–H groups in total. The third kappa shape index (κ3) is 32.7. The second kappa shape index (κ2) is 20.9. The van der Waals surface area contributed by atoms with Gasteiger partial charge in [-0.2, -0.15) is 0 Å². The first-order valence-electron chi connectivity index (χ1n) is 8.20. The fourth-order valence-electron chi connectivity index (χ4n) is 0.599. The Morgan fingerprint density at radius 3 is 1.24 bits per heavy atom. The summed E-state index contributed by atoms with van der Waals surface area (Å²) in [6.07, 6.45) is 5.20. The predicted octanol–water partition coefficient (Wildman–Crippen LogP) is 7.14. The Morgan fingerprint density at radius 2 is 1.16 bits per heavy atom. The average Bonchev–Trinajstić information content (AvgIpc) is 3.03. The van der Waals surface area contributed by atoms with E-state index in [0.717, 1.165) is 6.08 Å². The third-order valence-corrected chi connectivity index (χ3v) is 4.23. The molecule has 146 valence electrons. The molecule has 0 bridgehead atoms. The van der Waals surface area contributed by atoms with Crippen molar-refractivity contribution in [2.24, 2.45) is 17.8 Å². The van der Waals surface area contributed by atoms with Gasteiger partial charge in [-0.25, -0.2) is 0 Å². The Kier molecular flexibility index (Phi) is 27.7. The molecule has 0 unspecified atom stereocenters. The molecule has 8 heteroatoms. The summed E-state index contributed by atoms with van der Waals surface area (Å²) in [6, 6.07) is 0. The van der Waals surface area contributed by atoms with Crippen LogP contribution in [0.15, 0.2) is 16.6 Å². The van der Waals surface area contributed by atoms with Crippen molar-refractivity contribution in [1.82, 2.24) is 0 Å². The van der Waals surface area contributed by atoms with Crippen LogP contribution in [-0.2, 0) is 26.2 Å². The molecule has 3 nitrogen and oxygen atoms in total. The molecule has 0 atom stereocenters. The standard InChI is InChI=1S/C5H4F3Ge.3C4H10N.Zr/c6-9(7,8)5-3-1-2-4-5;3*1-4(2)3-5;/h1,3H,2H2;3*4-5H,3H2,1-2H3;/q4*-1;+4. The van der Waals surface area contributed by atoms with Crippen molar-refractivity contribution in [2.75, 3.05) is 19.6 Å². The molecule has 0 aromatic heterocycles. The van der Waals surface area contributed by atoms with Crippen LogP contribution in [0.1, 0.15) is 48.0 Å². The van der Waals surface area contributed by atoms with Gasteiger partial charge in [-0.3, -0.25) is 0 Å². The van der Waals surface area contributed by atoms with Crippen molar-refractivity contribution in [2.45, 2.75) is 48.0 Å². The maximum absolute atomic E-state index is 11.8. The van der Waals surface area contributed by atoms with Gasteiger partial charge in [0.25, 0.3) is 0 Å². The quantitative estimate of drug-likeness (QED) is 0.290. The van der Waals surface area contributed by atoms with Crippen molar-refractivity contribution < 1.29 is 36.7 Å². The van der Waals surface area contributed by atoms with Gasteiger partial charge in [-0.15, -0.1) is 19.6 Å². The van der Waals surface area contributed by atoms with Crippen molar-refractivity contribution in [1.29, 1.82) is 0 Å². The summed E-state index contributed by atoms with van der Waals surface area (Å²) in [6.45, 7) is 13.9. The SMILES string of the molecule is CC(C)C[NH-].CC(C)C[NH-].CC(C)C[NH-].[F][Ge]([F])([F])[C]1=[C-]CC=C1.[Zr+4]. The topological polar surface area (TPSA) is 71.4 Å². The van der Waals surface area contributed by atoms with E-state index in [0.29, 0.717) is 43.8 Å². The minimum absolute atomic E-state index is 0. The van der Waals surface area contributed by atoms with Crippen LogP contribution in [0.3, 0.4) is 0 Å². The third-order valence-electron chi connectivity index (χ3n) is 2.23. The molecule has 0 saturated heterocycles. The van der Waals surface area contributed by atoms with E-state index in [-0.39, 0.29) is 26.2 Å². The molecule has 0 aromatic rings. The first-order chi connectivity index (χ1) is 10.9. The molecule has 1 aliphatic rings. The Hall–Kier alpha value is 0.576. The molecule has 0 aromatic carbocycles. The molecular weight excluding hydrogens is 467 g/mol. The van der Waals surface area contributed by atoms with Crippen LogP contribution in [0.5, 0.6) is 0 Å². The summed E-state index contributed by atoms with van der Waals surface area (Å²) in [7, 11) is 0. The second-order valence-corrected chi connectivity index (χ2v) is 9.71. The molecule has 0 aliphatic heterocycles. The minimum Gasteiger partial charge on any atom is 4.00 e. The van der Waals surface area contributed by atoms with E-state index in [1.54, 1.807) is 0 Å². The van der Waals surface area contributed by atoms with E-state index in [4.69, 9.17) is 17.2 Å². The van der Waals surface area contributed by atoms with Gasteiger partial charge in [0.1, 0.15) is 0 Å². The van der Waals surface area contributed by atoms with Crippen LogP contribution >= 0.6 is 0 Å². The maximum atomic E-state index is 11.8. The van der Waals surface area contributed by atoms with Crippen molar-refractivity contribution in [3.8, 4) is 0 Å². The fraction of sp³-hybridized carbons (Fsp3) is 0.765. The van der Waals surface area contributed by atoms with E-state index in [1.165, 1.54) is 6.08 Å². The summed E-state index contributed by atoms with van der Waals surface area (Å²) >= 11 is -5.96. The summed E-state index contributed by atoms with van der Waals surface area (Å²) in [4.78, 5) is 0. The van der Waals surface area contributed by atoms with Gasteiger partial charge in [0, 0.05) is 0 Å². The second-order valence-electron chi connectivity index (χ2n) is 6.49. The molecule has 0 radical (unpaired) electrons. The zero-order valence-electron chi connectivity index (χ0n) is 16.3. The van der Waals surface area contributed by atoms with Crippen molar-refractivity contribution in [3.05, 3.63) is 39.8 Å². The number of nitrogens with one attached hydrogen (secondary N) is 3. The Balaban J connectivity index is -0.000000122. The van der Waals surface area contributed by atoms with Gasteiger partial charge in [0.2, 0.25) is 0 Å². The number of hydrogen-bond acceptors (Lipinski definition) is 0. The predicted molar refractivity (Wildman–Crippen MR) is 102 cm³/mol. The summed E-state index contributed by atoms with van der Waals surface area (Å²) in [5, 5.41) is 0. The van der Waals surface area contributed by atoms with Crippen molar-refractivity contribution in [3.63, 3.8) is 0 Å². The monoisotopic (exact) mass is 501 g/mol. The fourth-order valence-corrected chi connectivity index (χ4v) is 1.88. The van der Waals surface area contributed by atoms with Gasteiger partial charge >= 0.3 is 80.4 Å². The van der Waals surface area contributed by atoms with Crippen LogP contribution in [-0.4, -0.2) is 34.3 Å². The molecule has 0 heterocycles. The largest absolute Gasteiger partial charge is 4.00 e. The number of allylic oxidation sites excluding steroid dienone is 4. The van der Waals surface area contributed by atoms with Crippen LogP contribution in [0, 0.1) is 23.8 Å². The van der Waals surface area contributed by atoms with Crippen LogP contribution in [0.4, 0.5) is 10.5 Å². The summed E-state index contributed by atoms with van der Waals surface area (Å²) in [5.74, 6) is 1.65. The minimum atomic E-state index is -5.96. The van der Waals surface area contributed by atoms with E-state index >= 15 is 0 Å². The van der Waals surface area contributed by atoms with Gasteiger partial charge < -0.3 is 17.2 Å². The molecule has 0 fully saturated rings. The van der Waals surface area contributed by atoms with Gasteiger partial charge in [-0.05, 0) is 0 Å². The van der Waals surface area contributed by atoms with Gasteiger partial charge in [-0.1, -0.05) is 59.3 Å². The van der Waals surface area contributed by atoms with E-state index in [9.17, 15) is 10.5 Å². The summed E-state index contributed by atoms with van der Waals surface area (Å²) in [5.41, 5.74) is 20.0. The molecule has 0 spiro atoms. The molecule has 1 aliphatic carbocycles. The number of halogens is 3. The van der Waals surface area contributed by atoms with E-state index in [2.05, 4.69) is 6.08 Å². The molecule has 25 heavy (non-hydrogen) atoms. The zero-order valence-corrected chi connectivity index (χ0v) is 20.9. The first kappa shape index (κ1) is 33.2. The normalized spacial score (nSPS) is 12.4. The van der Waals surface area contributed by atoms with Crippen LogP contribution in [0.25, 0.3) is 17.2 Å². The van der Waals surface area contributed by atoms with Crippen LogP contribution < -0.4 is 0 Å². The zero-order chi connectivity index (χ0) is 19.8. The molecular formula is C17H34F3GeN3Zr. The number of hydrogen-bond donors (Lipinski definition) is 0. The van der Waals surface area contributed by atoms with E-state index in [1.807, 2.05) is 41.5 Å². The Morgan fingerprint density at radius 1 is 0.880 bits per heavy atom. The smallest absolute Gasteiger partial charge is 4.00 e. The number of rotatable bonds is 4. The summed E-state index contributed by atoms with van der Waals surface area (Å²) < 4.78 is 34.9. The van der Waals surface area contributed by atoms with Gasteiger partial charge in [0.15, 0.2) is 0 Å². The van der Waals surface area contributed by atoms with Crippen molar-refractivity contribution >= 4 is 14.7 Å². The molecule has 0 saturated carbocycles. The maximum Gasteiger partial charge on any atom is 4.00 e. The Labute approximate surface area is 176 Å². The van der Waals surface area contributed by atoms with E-state index < -0.39 is 19.1 Å². The van der Waals surface area contributed by atoms with Crippen LogP contribution in [0.2, 0.25) is 0 Å². The first-order valence-corrected chi connectivity index (χ1v) is 11.6.